The average Bonchev–Trinajstić information content (AvgIpc) is 3.03. The molecule has 3 heterocycles. The molecule has 22 heavy (non-hydrogen) atoms. The predicted octanol–water partition coefficient (Wildman–Crippen LogP) is 2.65. The van der Waals surface area contributed by atoms with E-state index in [1.165, 1.54) is 22.4 Å². The van der Waals surface area contributed by atoms with Crippen molar-refractivity contribution in [3.8, 4) is 0 Å². The molecule has 2 fully saturated rings. The minimum Gasteiger partial charge on any atom is -0.392 e. The molecule has 114 valence electrons. The highest BCUT2D eigenvalue weighted by molar-refractivity contribution is 5.69. The highest BCUT2D eigenvalue weighted by atomic mass is 16.3. The van der Waals surface area contributed by atoms with Crippen molar-refractivity contribution < 1.29 is 5.11 Å². The highest BCUT2D eigenvalue weighted by Crippen LogP contribution is 2.63. The third-order valence-electron chi connectivity index (χ3n) is 6.56. The Morgan fingerprint density at radius 2 is 2.27 bits per heavy atom. The molecule has 1 aliphatic carbocycles. The third-order valence-corrected chi connectivity index (χ3v) is 6.56. The Hall–Kier alpha value is -1.58. The molecule has 0 saturated carbocycles. The smallest absolute Gasteiger partial charge is 0.105 e. The number of anilines is 1. The summed E-state index contributed by atoms with van der Waals surface area (Å²) in [5, 5.41) is 13.9. The summed E-state index contributed by atoms with van der Waals surface area (Å²) in [5.74, 6) is 0.402. The quantitative estimate of drug-likeness (QED) is 0.782. The van der Waals surface area contributed by atoms with Crippen LogP contribution in [0.1, 0.15) is 25.3 Å². The van der Waals surface area contributed by atoms with E-state index in [1.54, 1.807) is 0 Å². The molecule has 1 spiro atoms. The van der Waals surface area contributed by atoms with Crippen LogP contribution in [0, 0.1) is 5.92 Å². The number of fused-ring (bicyclic) bond motifs is 2. The molecule has 0 unspecified atom stereocenters. The van der Waals surface area contributed by atoms with Gasteiger partial charge in [0.1, 0.15) is 5.66 Å². The Morgan fingerprint density at radius 1 is 1.41 bits per heavy atom. The van der Waals surface area contributed by atoms with Gasteiger partial charge in [-0.15, -0.1) is 0 Å². The van der Waals surface area contributed by atoms with Crippen LogP contribution < -0.4 is 5.32 Å². The van der Waals surface area contributed by atoms with Crippen LogP contribution in [0.25, 0.3) is 0 Å². The molecule has 5 rings (SSSR count). The zero-order chi connectivity index (χ0) is 14.9. The van der Waals surface area contributed by atoms with E-state index in [4.69, 9.17) is 0 Å². The molecule has 0 radical (unpaired) electrons. The largest absolute Gasteiger partial charge is 0.392 e. The van der Waals surface area contributed by atoms with Crippen LogP contribution in [0.5, 0.6) is 0 Å². The van der Waals surface area contributed by atoms with Crippen molar-refractivity contribution in [2.75, 3.05) is 25.0 Å². The SMILES string of the molecule is C/C=C1\CN2CC[C@@]34C=C(CO)[C@@H]1C[C@@]23Nc1ccccc14. The van der Waals surface area contributed by atoms with Gasteiger partial charge in [0.15, 0.2) is 0 Å². The lowest BCUT2D eigenvalue weighted by atomic mass is 9.61. The van der Waals surface area contributed by atoms with Crippen molar-refractivity contribution in [3.63, 3.8) is 0 Å². The first-order valence-electron chi connectivity index (χ1n) is 8.34. The monoisotopic (exact) mass is 294 g/mol. The molecule has 2 bridgehead atoms. The van der Waals surface area contributed by atoms with E-state index in [9.17, 15) is 5.11 Å². The standard InChI is InChI=1S/C19H22N2O/c1-2-13-11-21-8-7-18-9-14(12-22)15(13)10-19(18,21)20-17-6-4-3-5-16(17)18/h2-6,9,15,20,22H,7-8,10-12H2,1H3/b13-2+/t15-,18+,19-/m1/s1. The van der Waals surface area contributed by atoms with Crippen LogP contribution in [-0.2, 0) is 5.41 Å². The number of aliphatic hydroxyl groups is 1. The van der Waals surface area contributed by atoms with Gasteiger partial charge in [0.25, 0.3) is 0 Å². The van der Waals surface area contributed by atoms with Crippen molar-refractivity contribution in [2.24, 2.45) is 5.92 Å². The number of piperidine rings is 1. The first-order valence-corrected chi connectivity index (χ1v) is 8.34. The summed E-state index contributed by atoms with van der Waals surface area (Å²) in [6, 6.07) is 8.75. The number of hydrogen-bond acceptors (Lipinski definition) is 3. The van der Waals surface area contributed by atoms with Crippen LogP contribution in [0.4, 0.5) is 5.69 Å². The fraction of sp³-hybridized carbons (Fsp3) is 0.474. The van der Waals surface area contributed by atoms with Gasteiger partial charge in [-0.3, -0.25) is 4.90 Å². The molecule has 0 aromatic heterocycles. The van der Waals surface area contributed by atoms with Crippen molar-refractivity contribution >= 4 is 5.69 Å². The topological polar surface area (TPSA) is 35.5 Å². The van der Waals surface area contributed by atoms with Crippen LogP contribution in [0.3, 0.4) is 0 Å². The van der Waals surface area contributed by atoms with Gasteiger partial charge in [-0.25, -0.2) is 0 Å². The molecule has 3 atom stereocenters. The molecular formula is C19H22N2O. The summed E-state index contributed by atoms with van der Waals surface area (Å²) in [5.41, 5.74) is 5.46. The minimum atomic E-state index is 0.0204. The number of rotatable bonds is 1. The molecule has 1 aromatic rings. The van der Waals surface area contributed by atoms with Crippen LogP contribution in [0.15, 0.2) is 47.6 Å². The van der Waals surface area contributed by atoms with Gasteiger partial charge < -0.3 is 10.4 Å². The van der Waals surface area contributed by atoms with Crippen LogP contribution in [-0.4, -0.2) is 35.4 Å². The second-order valence-electron chi connectivity index (χ2n) is 7.17. The number of aliphatic hydroxyl groups excluding tert-OH is 1. The predicted molar refractivity (Wildman–Crippen MR) is 87.7 cm³/mol. The Morgan fingerprint density at radius 3 is 3.09 bits per heavy atom. The molecule has 3 heteroatoms. The maximum Gasteiger partial charge on any atom is 0.105 e. The van der Waals surface area contributed by atoms with Gasteiger partial charge in [0, 0.05) is 24.7 Å². The number of nitrogens with one attached hydrogen (secondary N) is 1. The molecule has 3 nitrogen and oxygen atoms in total. The first-order chi connectivity index (χ1) is 10.7. The van der Waals surface area contributed by atoms with Crippen molar-refractivity contribution in [1.29, 1.82) is 0 Å². The van der Waals surface area contributed by atoms with E-state index in [0.29, 0.717) is 5.92 Å². The van der Waals surface area contributed by atoms with Gasteiger partial charge in [-0.2, -0.15) is 0 Å². The summed E-state index contributed by atoms with van der Waals surface area (Å²) in [4.78, 5) is 2.64. The van der Waals surface area contributed by atoms with E-state index in [2.05, 4.69) is 53.6 Å². The van der Waals surface area contributed by atoms with Gasteiger partial charge in [-0.1, -0.05) is 35.9 Å². The second-order valence-corrected chi connectivity index (χ2v) is 7.17. The summed E-state index contributed by atoms with van der Waals surface area (Å²) < 4.78 is 0. The number of para-hydroxylation sites is 1. The molecule has 1 aromatic carbocycles. The number of benzene rings is 1. The zero-order valence-electron chi connectivity index (χ0n) is 13.0. The van der Waals surface area contributed by atoms with E-state index in [-0.39, 0.29) is 17.7 Å². The summed E-state index contributed by atoms with van der Waals surface area (Å²) in [7, 11) is 0. The summed E-state index contributed by atoms with van der Waals surface area (Å²) in [6.45, 7) is 4.47. The summed E-state index contributed by atoms with van der Waals surface area (Å²) >= 11 is 0. The third kappa shape index (κ3) is 1.23. The fourth-order valence-corrected chi connectivity index (χ4v) is 5.58. The van der Waals surface area contributed by atoms with Crippen molar-refractivity contribution in [2.45, 2.75) is 30.8 Å². The zero-order valence-corrected chi connectivity index (χ0v) is 13.0. The molecular weight excluding hydrogens is 272 g/mol. The number of hydrogen-bond donors (Lipinski definition) is 2. The molecule has 2 N–H and O–H groups in total. The maximum absolute atomic E-state index is 9.98. The maximum atomic E-state index is 9.98. The van der Waals surface area contributed by atoms with Gasteiger partial charge in [0.2, 0.25) is 0 Å². The highest BCUT2D eigenvalue weighted by Gasteiger charge is 2.67. The minimum absolute atomic E-state index is 0.0204. The normalized spacial score (nSPS) is 40.2. The fourth-order valence-electron chi connectivity index (χ4n) is 5.58. The lowest BCUT2D eigenvalue weighted by Gasteiger charge is -2.54. The Kier molecular flexibility index (Phi) is 2.37. The first kappa shape index (κ1) is 12.9. The Bertz CT molecular complexity index is 722. The second kappa shape index (κ2) is 4.03. The van der Waals surface area contributed by atoms with E-state index in [0.717, 1.165) is 25.9 Å². The van der Waals surface area contributed by atoms with Gasteiger partial charge in [0.05, 0.1) is 12.0 Å². The lowest BCUT2D eigenvalue weighted by Crippen LogP contribution is -2.63. The molecule has 2 saturated heterocycles. The molecule has 4 aliphatic rings. The van der Waals surface area contributed by atoms with Crippen LogP contribution >= 0.6 is 0 Å². The lowest BCUT2D eigenvalue weighted by molar-refractivity contribution is 0.0821. The Balaban J connectivity index is 1.79. The Labute approximate surface area is 131 Å². The number of allylic oxidation sites excluding steroid dienone is 1. The number of nitrogens with zero attached hydrogens (tertiary/aromatic N) is 1. The molecule has 0 amide bonds. The summed E-state index contributed by atoms with van der Waals surface area (Å²) in [6.07, 6.45) is 6.90. The van der Waals surface area contributed by atoms with Gasteiger partial charge in [-0.05, 0) is 37.0 Å². The van der Waals surface area contributed by atoms with E-state index >= 15 is 0 Å². The van der Waals surface area contributed by atoms with Crippen LogP contribution in [0.2, 0.25) is 0 Å². The average molecular weight is 294 g/mol. The van der Waals surface area contributed by atoms with Crippen molar-refractivity contribution in [1.82, 2.24) is 4.90 Å². The van der Waals surface area contributed by atoms with E-state index < -0.39 is 0 Å². The molecule has 3 aliphatic heterocycles. The van der Waals surface area contributed by atoms with Crippen molar-refractivity contribution in [3.05, 3.63) is 53.1 Å². The van der Waals surface area contributed by atoms with Gasteiger partial charge >= 0.3 is 0 Å². The van der Waals surface area contributed by atoms with E-state index in [1.807, 2.05) is 0 Å².